The Balaban J connectivity index is 2.80. The summed E-state index contributed by atoms with van der Waals surface area (Å²) < 4.78 is 43.7. The normalized spacial score (nSPS) is 23.5. The molecule has 0 aliphatic carbocycles. The predicted molar refractivity (Wildman–Crippen MR) is 80.3 cm³/mol. The van der Waals surface area contributed by atoms with Crippen molar-refractivity contribution >= 4 is 0 Å². The minimum atomic E-state index is -4.30. The van der Waals surface area contributed by atoms with Gasteiger partial charge in [-0.2, -0.15) is 18.2 Å². The Labute approximate surface area is 132 Å². The van der Waals surface area contributed by atoms with Crippen LogP contribution in [0.4, 0.5) is 13.2 Å². The Hall–Kier alpha value is -0.330. The van der Waals surface area contributed by atoms with E-state index >= 15 is 0 Å². The van der Waals surface area contributed by atoms with E-state index in [0.717, 1.165) is 32.1 Å². The van der Waals surface area contributed by atoms with Crippen LogP contribution < -0.4 is 0 Å². The molecule has 1 aliphatic heterocycles. The van der Waals surface area contributed by atoms with E-state index in [1.54, 1.807) is 5.06 Å². The van der Waals surface area contributed by atoms with Crippen molar-refractivity contribution in [3.8, 4) is 0 Å². The Morgan fingerprint density at radius 2 is 1.64 bits per heavy atom. The zero-order chi connectivity index (χ0) is 17.0. The highest BCUT2D eigenvalue weighted by Crippen LogP contribution is 2.39. The molecule has 1 unspecified atom stereocenters. The topological polar surface area (TPSA) is 21.7 Å². The van der Waals surface area contributed by atoms with Crippen LogP contribution in [0, 0.1) is 0 Å². The van der Waals surface area contributed by atoms with Crippen molar-refractivity contribution < 1.29 is 22.7 Å². The van der Waals surface area contributed by atoms with Crippen molar-refractivity contribution in [1.82, 2.24) is 5.06 Å². The third-order valence-corrected chi connectivity index (χ3v) is 4.10. The number of hydrogen-bond donors (Lipinski definition) is 0. The second kappa shape index (κ2) is 7.49. The van der Waals surface area contributed by atoms with Crippen LogP contribution in [0.2, 0.25) is 0 Å². The summed E-state index contributed by atoms with van der Waals surface area (Å²) >= 11 is 0. The summed E-state index contributed by atoms with van der Waals surface area (Å²) in [6.07, 6.45) is -2.23. The average Bonchev–Trinajstić information content (AvgIpc) is 2.31. The molecule has 0 radical (unpaired) electrons. The van der Waals surface area contributed by atoms with Crippen molar-refractivity contribution in [2.75, 3.05) is 6.61 Å². The molecule has 1 saturated heterocycles. The van der Waals surface area contributed by atoms with Gasteiger partial charge in [-0.1, -0.05) is 13.3 Å². The first kappa shape index (κ1) is 19.7. The second-order valence-electron chi connectivity index (χ2n) is 7.35. The van der Waals surface area contributed by atoms with Gasteiger partial charge < -0.3 is 4.74 Å². The minimum Gasteiger partial charge on any atom is -0.350 e. The highest BCUT2D eigenvalue weighted by Gasteiger charge is 2.45. The van der Waals surface area contributed by atoms with Crippen LogP contribution in [0.25, 0.3) is 0 Å². The van der Waals surface area contributed by atoms with Crippen molar-refractivity contribution in [2.45, 2.75) is 96.7 Å². The predicted octanol–water partition coefficient (Wildman–Crippen LogP) is 5.06. The molecule has 1 fully saturated rings. The molecule has 0 aromatic rings. The molecule has 3 nitrogen and oxygen atoms in total. The number of nitrogens with zero attached hydrogens (tertiary/aromatic N) is 1. The molecule has 1 aliphatic rings. The van der Waals surface area contributed by atoms with E-state index in [9.17, 15) is 13.2 Å². The van der Waals surface area contributed by atoms with Gasteiger partial charge in [-0.25, -0.2) is 0 Å². The molecule has 0 saturated carbocycles. The van der Waals surface area contributed by atoms with Crippen LogP contribution in [0.15, 0.2) is 0 Å². The van der Waals surface area contributed by atoms with Gasteiger partial charge in [0.2, 0.25) is 0 Å². The lowest BCUT2D eigenvalue weighted by atomic mass is 9.82. The maximum atomic E-state index is 12.8. The third kappa shape index (κ3) is 6.05. The van der Waals surface area contributed by atoms with E-state index in [1.807, 2.05) is 34.6 Å². The molecule has 0 N–H and O–H groups in total. The maximum Gasteiger partial charge on any atom is 0.394 e. The smallest absolute Gasteiger partial charge is 0.350 e. The van der Waals surface area contributed by atoms with Crippen LogP contribution in [0.5, 0.6) is 0 Å². The average molecular weight is 325 g/mol. The fraction of sp³-hybridized carbons (Fsp3) is 1.00. The summed E-state index contributed by atoms with van der Waals surface area (Å²) in [4.78, 5) is 5.74. The molecular formula is C16H30F3NO2. The molecular weight excluding hydrogens is 295 g/mol. The van der Waals surface area contributed by atoms with Crippen molar-refractivity contribution in [2.24, 2.45) is 0 Å². The highest BCUT2D eigenvalue weighted by atomic mass is 19.4. The largest absolute Gasteiger partial charge is 0.394 e. The van der Waals surface area contributed by atoms with Gasteiger partial charge in [0.15, 0.2) is 6.29 Å². The molecule has 22 heavy (non-hydrogen) atoms. The van der Waals surface area contributed by atoms with Gasteiger partial charge >= 0.3 is 6.18 Å². The Morgan fingerprint density at radius 3 is 2.09 bits per heavy atom. The van der Waals surface area contributed by atoms with Crippen LogP contribution >= 0.6 is 0 Å². The van der Waals surface area contributed by atoms with E-state index in [0.29, 0.717) is 0 Å². The highest BCUT2D eigenvalue weighted by molar-refractivity contribution is 4.92. The molecule has 132 valence electrons. The Bertz CT molecular complexity index is 327. The van der Waals surface area contributed by atoms with Gasteiger partial charge in [0.1, 0.15) is 0 Å². The standard InChI is InChI=1S/C16H30F3NO2/c1-6-7-11-21-13(12-16(17,18)19)22-20-14(2,3)9-8-10-15(20,4)5/h13H,6-12H2,1-5H3. The first-order valence-electron chi connectivity index (χ1n) is 8.13. The molecule has 0 aromatic carbocycles. The van der Waals surface area contributed by atoms with Gasteiger partial charge in [0.05, 0.1) is 6.42 Å². The minimum absolute atomic E-state index is 0.284. The fourth-order valence-electron chi connectivity index (χ4n) is 3.05. The van der Waals surface area contributed by atoms with Gasteiger partial charge in [-0.3, -0.25) is 4.84 Å². The van der Waals surface area contributed by atoms with E-state index in [4.69, 9.17) is 9.57 Å². The summed E-state index contributed by atoms with van der Waals surface area (Å²) in [6.45, 7) is 10.3. The van der Waals surface area contributed by atoms with E-state index in [2.05, 4.69) is 0 Å². The lowest BCUT2D eigenvalue weighted by molar-refractivity contribution is -0.366. The lowest BCUT2D eigenvalue weighted by Crippen LogP contribution is -2.59. The van der Waals surface area contributed by atoms with Gasteiger partial charge in [-0.15, -0.1) is 0 Å². The van der Waals surface area contributed by atoms with Crippen LogP contribution in [-0.4, -0.2) is 35.2 Å². The van der Waals surface area contributed by atoms with Gasteiger partial charge in [0.25, 0.3) is 0 Å². The van der Waals surface area contributed by atoms with Crippen LogP contribution in [0.3, 0.4) is 0 Å². The fourth-order valence-corrected chi connectivity index (χ4v) is 3.05. The molecule has 0 amide bonds. The molecule has 0 bridgehead atoms. The Morgan fingerprint density at radius 1 is 1.09 bits per heavy atom. The number of piperidine rings is 1. The lowest BCUT2D eigenvalue weighted by Gasteiger charge is -2.52. The third-order valence-electron chi connectivity index (χ3n) is 4.10. The maximum absolute atomic E-state index is 12.8. The quantitative estimate of drug-likeness (QED) is 0.482. The monoisotopic (exact) mass is 325 g/mol. The van der Waals surface area contributed by atoms with Crippen LogP contribution in [-0.2, 0) is 9.57 Å². The molecule has 1 rings (SSSR count). The van der Waals surface area contributed by atoms with E-state index in [-0.39, 0.29) is 17.7 Å². The van der Waals surface area contributed by atoms with E-state index < -0.39 is 18.9 Å². The summed E-state index contributed by atoms with van der Waals surface area (Å²) in [6, 6.07) is 0. The molecule has 1 atom stereocenters. The number of ether oxygens (including phenoxy) is 1. The first-order valence-corrected chi connectivity index (χ1v) is 8.13. The Kier molecular flexibility index (Phi) is 6.72. The number of halogens is 3. The van der Waals surface area contributed by atoms with Crippen molar-refractivity contribution in [3.05, 3.63) is 0 Å². The second-order valence-corrected chi connectivity index (χ2v) is 7.35. The van der Waals surface area contributed by atoms with Gasteiger partial charge in [0, 0.05) is 17.7 Å². The first-order chi connectivity index (χ1) is 9.98. The number of hydrogen-bond acceptors (Lipinski definition) is 3. The molecule has 0 aromatic heterocycles. The van der Waals surface area contributed by atoms with Gasteiger partial charge in [-0.05, 0) is 53.4 Å². The summed E-state index contributed by atoms with van der Waals surface area (Å²) in [5.74, 6) is 0. The van der Waals surface area contributed by atoms with Crippen molar-refractivity contribution in [3.63, 3.8) is 0 Å². The SMILES string of the molecule is CCCCOC(CC(F)(F)F)ON1C(C)(C)CCCC1(C)C. The number of rotatable bonds is 7. The number of alkyl halides is 3. The summed E-state index contributed by atoms with van der Waals surface area (Å²) in [5.41, 5.74) is -0.612. The molecule has 0 spiro atoms. The van der Waals surface area contributed by atoms with E-state index in [1.165, 1.54) is 0 Å². The molecule has 1 heterocycles. The summed E-state index contributed by atoms with van der Waals surface area (Å²) in [7, 11) is 0. The number of unbranched alkanes of at least 4 members (excludes halogenated alkanes) is 1. The zero-order valence-corrected chi connectivity index (χ0v) is 14.4. The summed E-state index contributed by atoms with van der Waals surface area (Å²) in [5, 5.41) is 1.73. The molecule has 6 heteroatoms. The van der Waals surface area contributed by atoms with Crippen LogP contribution in [0.1, 0.15) is 73.1 Å². The van der Waals surface area contributed by atoms with Crippen molar-refractivity contribution in [1.29, 1.82) is 0 Å². The zero-order valence-electron chi connectivity index (χ0n) is 14.4. The number of hydroxylamine groups is 2.